The first kappa shape index (κ1) is 14.2. The van der Waals surface area contributed by atoms with Crippen LogP contribution >= 0.6 is 15.9 Å². The summed E-state index contributed by atoms with van der Waals surface area (Å²) in [6, 6.07) is 10.8. The third kappa shape index (κ3) is 4.42. The number of rotatable bonds is 5. The molecule has 0 spiro atoms. The number of nitrogens with two attached hydrogens (primary N) is 1. The fraction of sp³-hybridized carbons (Fsp3) is 0.267. The Kier molecular flexibility index (Phi) is 5.07. The zero-order valence-corrected chi connectivity index (χ0v) is 12.5. The fourth-order valence-corrected chi connectivity index (χ4v) is 2.46. The molecular weight excluding hydrogens is 302 g/mol. The van der Waals surface area contributed by atoms with Gasteiger partial charge in [0.15, 0.2) is 0 Å². The molecule has 3 nitrogen and oxygen atoms in total. The van der Waals surface area contributed by atoms with E-state index in [-0.39, 0.29) is 6.04 Å². The zero-order valence-electron chi connectivity index (χ0n) is 10.9. The number of hydrogen-bond donors (Lipinski definition) is 2. The van der Waals surface area contributed by atoms with Gasteiger partial charge in [-0.05, 0) is 52.9 Å². The molecule has 0 bridgehead atoms. The molecule has 4 heteroatoms. The van der Waals surface area contributed by atoms with Crippen LogP contribution in [0.1, 0.15) is 16.7 Å². The predicted octanol–water partition coefficient (Wildman–Crippen LogP) is 2.77. The quantitative estimate of drug-likeness (QED) is 0.658. The van der Waals surface area contributed by atoms with Gasteiger partial charge in [0.1, 0.15) is 0 Å². The molecule has 1 aromatic heterocycles. The van der Waals surface area contributed by atoms with E-state index in [9.17, 15) is 0 Å². The minimum atomic E-state index is 0.207. The van der Waals surface area contributed by atoms with Gasteiger partial charge in [-0.1, -0.05) is 29.8 Å². The normalized spacial score (nSPS) is 12.4. The van der Waals surface area contributed by atoms with Crippen molar-refractivity contribution in [2.24, 2.45) is 5.84 Å². The van der Waals surface area contributed by atoms with Crippen LogP contribution in [0.4, 0.5) is 0 Å². The number of hydrogen-bond acceptors (Lipinski definition) is 3. The van der Waals surface area contributed by atoms with Crippen molar-refractivity contribution in [1.29, 1.82) is 0 Å². The number of halogens is 1. The van der Waals surface area contributed by atoms with Crippen molar-refractivity contribution in [3.63, 3.8) is 0 Å². The van der Waals surface area contributed by atoms with E-state index in [1.807, 2.05) is 6.20 Å². The van der Waals surface area contributed by atoms with Crippen LogP contribution < -0.4 is 11.3 Å². The molecule has 1 aromatic carbocycles. The van der Waals surface area contributed by atoms with E-state index in [0.29, 0.717) is 0 Å². The van der Waals surface area contributed by atoms with E-state index in [4.69, 9.17) is 5.84 Å². The lowest BCUT2D eigenvalue weighted by atomic mass is 10.00. The maximum atomic E-state index is 5.65. The van der Waals surface area contributed by atoms with Gasteiger partial charge in [-0.15, -0.1) is 0 Å². The predicted molar refractivity (Wildman–Crippen MR) is 81.6 cm³/mol. The summed E-state index contributed by atoms with van der Waals surface area (Å²) in [5.41, 5.74) is 6.62. The fourth-order valence-electron chi connectivity index (χ4n) is 2.05. The Bertz CT molecular complexity index is 525. The van der Waals surface area contributed by atoms with Gasteiger partial charge in [0.05, 0.1) is 0 Å². The minimum absolute atomic E-state index is 0.207. The average molecular weight is 320 g/mol. The number of aryl methyl sites for hydroxylation is 1. The third-order valence-corrected chi connectivity index (χ3v) is 3.52. The molecule has 0 saturated heterocycles. The lowest BCUT2D eigenvalue weighted by Gasteiger charge is -2.16. The molecule has 0 aliphatic heterocycles. The van der Waals surface area contributed by atoms with Gasteiger partial charge >= 0.3 is 0 Å². The number of aromatic nitrogens is 1. The summed E-state index contributed by atoms with van der Waals surface area (Å²) >= 11 is 3.43. The van der Waals surface area contributed by atoms with Gasteiger partial charge in [0, 0.05) is 22.9 Å². The van der Waals surface area contributed by atoms with Crippen molar-refractivity contribution in [2.45, 2.75) is 25.8 Å². The Hall–Kier alpha value is -1.23. The third-order valence-electron chi connectivity index (χ3n) is 3.08. The number of nitrogens with zero attached hydrogens (tertiary/aromatic N) is 1. The van der Waals surface area contributed by atoms with Crippen molar-refractivity contribution in [3.8, 4) is 0 Å². The highest BCUT2D eigenvalue weighted by atomic mass is 79.9. The van der Waals surface area contributed by atoms with Crippen molar-refractivity contribution in [2.75, 3.05) is 0 Å². The summed E-state index contributed by atoms with van der Waals surface area (Å²) in [4.78, 5) is 4.17. The molecule has 0 fully saturated rings. The largest absolute Gasteiger partial charge is 0.271 e. The monoisotopic (exact) mass is 319 g/mol. The summed E-state index contributed by atoms with van der Waals surface area (Å²) in [6.45, 7) is 2.09. The molecule has 0 aliphatic carbocycles. The van der Waals surface area contributed by atoms with Crippen LogP contribution in [0.3, 0.4) is 0 Å². The average Bonchev–Trinajstić information content (AvgIpc) is 2.40. The smallest absolute Gasteiger partial charge is 0.0410 e. The molecule has 0 saturated carbocycles. The Labute approximate surface area is 122 Å². The van der Waals surface area contributed by atoms with E-state index in [1.165, 1.54) is 16.7 Å². The van der Waals surface area contributed by atoms with E-state index in [1.54, 1.807) is 6.20 Å². The second-order valence-electron chi connectivity index (χ2n) is 4.77. The maximum absolute atomic E-state index is 5.65. The van der Waals surface area contributed by atoms with Crippen LogP contribution in [-0.4, -0.2) is 11.0 Å². The first-order chi connectivity index (χ1) is 9.17. The molecule has 1 heterocycles. The SMILES string of the molecule is Cc1ccc(CC(Cc2cncc(Br)c2)NN)cc1. The maximum Gasteiger partial charge on any atom is 0.0410 e. The molecule has 0 amide bonds. The van der Waals surface area contributed by atoms with Crippen LogP contribution in [0.15, 0.2) is 47.2 Å². The van der Waals surface area contributed by atoms with Gasteiger partial charge in [-0.3, -0.25) is 16.3 Å². The minimum Gasteiger partial charge on any atom is -0.271 e. The molecule has 0 aliphatic rings. The van der Waals surface area contributed by atoms with Crippen LogP contribution in [0, 0.1) is 6.92 Å². The van der Waals surface area contributed by atoms with E-state index in [0.717, 1.165) is 17.3 Å². The second-order valence-corrected chi connectivity index (χ2v) is 5.68. The van der Waals surface area contributed by atoms with Gasteiger partial charge in [-0.2, -0.15) is 0 Å². The standard InChI is InChI=1S/C15H18BrN3/c1-11-2-4-12(5-3-11)7-15(19-17)8-13-6-14(16)10-18-9-13/h2-6,9-10,15,19H,7-8,17H2,1H3. The summed E-state index contributed by atoms with van der Waals surface area (Å²) in [6.07, 6.45) is 5.43. The molecule has 0 radical (unpaired) electrons. The number of pyridine rings is 1. The highest BCUT2D eigenvalue weighted by Crippen LogP contribution is 2.13. The van der Waals surface area contributed by atoms with Crippen molar-refractivity contribution in [3.05, 3.63) is 63.9 Å². The van der Waals surface area contributed by atoms with Crippen molar-refractivity contribution < 1.29 is 0 Å². The molecular formula is C15H18BrN3. The van der Waals surface area contributed by atoms with Crippen LogP contribution in [-0.2, 0) is 12.8 Å². The number of benzene rings is 1. The molecule has 2 aromatic rings. The van der Waals surface area contributed by atoms with Crippen LogP contribution in [0.2, 0.25) is 0 Å². The Balaban J connectivity index is 2.02. The molecule has 1 unspecified atom stereocenters. The Morgan fingerprint density at radius 1 is 1.16 bits per heavy atom. The van der Waals surface area contributed by atoms with Crippen molar-refractivity contribution >= 4 is 15.9 Å². The lowest BCUT2D eigenvalue weighted by molar-refractivity contribution is 0.522. The first-order valence-corrected chi connectivity index (χ1v) is 7.08. The highest BCUT2D eigenvalue weighted by molar-refractivity contribution is 9.10. The van der Waals surface area contributed by atoms with Gasteiger partial charge in [0.25, 0.3) is 0 Å². The molecule has 100 valence electrons. The van der Waals surface area contributed by atoms with Gasteiger partial charge in [-0.25, -0.2) is 0 Å². The number of hydrazine groups is 1. The zero-order chi connectivity index (χ0) is 13.7. The molecule has 3 N–H and O–H groups in total. The van der Waals surface area contributed by atoms with Crippen LogP contribution in [0.25, 0.3) is 0 Å². The summed E-state index contributed by atoms with van der Waals surface area (Å²) in [7, 11) is 0. The Morgan fingerprint density at radius 2 is 1.84 bits per heavy atom. The molecule has 1 atom stereocenters. The second kappa shape index (κ2) is 6.80. The lowest BCUT2D eigenvalue weighted by Crippen LogP contribution is -2.38. The summed E-state index contributed by atoms with van der Waals surface area (Å²) in [5.74, 6) is 5.65. The summed E-state index contributed by atoms with van der Waals surface area (Å²) < 4.78 is 0.996. The number of nitrogens with one attached hydrogen (secondary N) is 1. The first-order valence-electron chi connectivity index (χ1n) is 6.28. The topological polar surface area (TPSA) is 50.9 Å². The van der Waals surface area contributed by atoms with Gasteiger partial charge in [0.2, 0.25) is 0 Å². The van der Waals surface area contributed by atoms with Gasteiger partial charge < -0.3 is 0 Å². The van der Waals surface area contributed by atoms with Crippen LogP contribution in [0.5, 0.6) is 0 Å². The van der Waals surface area contributed by atoms with E-state index < -0.39 is 0 Å². The van der Waals surface area contributed by atoms with E-state index in [2.05, 4.69) is 63.6 Å². The summed E-state index contributed by atoms with van der Waals surface area (Å²) in [5, 5.41) is 0. The van der Waals surface area contributed by atoms with E-state index >= 15 is 0 Å². The Morgan fingerprint density at radius 3 is 2.47 bits per heavy atom. The van der Waals surface area contributed by atoms with Crippen molar-refractivity contribution in [1.82, 2.24) is 10.4 Å². The molecule has 19 heavy (non-hydrogen) atoms. The molecule has 2 rings (SSSR count). The highest BCUT2D eigenvalue weighted by Gasteiger charge is 2.09.